The molecule has 2 saturated heterocycles. The summed E-state index contributed by atoms with van der Waals surface area (Å²) in [5.74, 6) is -1.47. The van der Waals surface area contributed by atoms with Gasteiger partial charge in [-0.15, -0.1) is 0 Å². The Hall–Kier alpha value is -4.77. The van der Waals surface area contributed by atoms with E-state index in [0.717, 1.165) is 16.2 Å². The Bertz CT molecular complexity index is 1500. The molecule has 11 heteroatoms. The minimum Gasteiger partial charge on any atom is -0.378 e. The zero-order chi connectivity index (χ0) is 27.7. The van der Waals surface area contributed by atoms with Gasteiger partial charge in [-0.1, -0.05) is 30.3 Å². The molecule has 3 heterocycles. The van der Waals surface area contributed by atoms with Crippen molar-refractivity contribution in [3.05, 3.63) is 92.8 Å². The molecule has 2 aromatic carbocycles. The van der Waals surface area contributed by atoms with Crippen molar-refractivity contribution in [1.82, 2.24) is 14.8 Å². The number of amides is 4. The average Bonchev–Trinajstić information content (AvgIpc) is 3.21. The fourth-order valence-electron chi connectivity index (χ4n) is 4.96. The average molecular weight is 530 g/mol. The fourth-order valence-corrected chi connectivity index (χ4v) is 4.96. The molecule has 0 aliphatic carbocycles. The number of nitrogens with zero attached hydrogens (tertiary/aromatic N) is 4. The van der Waals surface area contributed by atoms with Gasteiger partial charge in [-0.05, 0) is 49.2 Å². The molecular weight excluding hydrogens is 502 g/mol. The van der Waals surface area contributed by atoms with Crippen molar-refractivity contribution >= 4 is 35.3 Å². The van der Waals surface area contributed by atoms with Gasteiger partial charge in [0.05, 0.1) is 30.4 Å². The highest BCUT2D eigenvalue weighted by molar-refractivity contribution is 6.31. The number of carbonyl (C=O) groups excluding carboxylic acids is 3. The molecule has 11 nitrogen and oxygen atoms in total. The van der Waals surface area contributed by atoms with Crippen LogP contribution in [0, 0.1) is 24.0 Å². The number of rotatable bonds is 6. The highest BCUT2D eigenvalue weighted by Crippen LogP contribution is 2.33. The Labute approximate surface area is 224 Å². The Kier molecular flexibility index (Phi) is 6.99. The molecule has 0 unspecified atom stereocenters. The summed E-state index contributed by atoms with van der Waals surface area (Å²) in [6.45, 7) is 5.82. The maximum absolute atomic E-state index is 13.2. The molecule has 200 valence electrons. The van der Waals surface area contributed by atoms with Gasteiger partial charge in [0.15, 0.2) is 0 Å². The van der Waals surface area contributed by atoms with E-state index in [1.54, 1.807) is 43.3 Å². The lowest BCUT2D eigenvalue weighted by atomic mass is 10.1. The summed E-state index contributed by atoms with van der Waals surface area (Å²) in [7, 11) is 0. The van der Waals surface area contributed by atoms with Crippen LogP contribution in [0.3, 0.4) is 0 Å². The van der Waals surface area contributed by atoms with Crippen molar-refractivity contribution in [1.29, 1.82) is 0 Å². The summed E-state index contributed by atoms with van der Waals surface area (Å²) in [4.78, 5) is 52.8. The molecule has 1 aromatic heterocycles. The molecule has 1 N–H and O–H groups in total. The number of barbiturate groups is 1. The largest absolute Gasteiger partial charge is 0.378 e. The predicted octanol–water partition coefficient (Wildman–Crippen LogP) is 3.50. The molecule has 0 saturated carbocycles. The summed E-state index contributed by atoms with van der Waals surface area (Å²) in [5, 5.41) is 14.2. The molecule has 5 rings (SSSR count). The maximum atomic E-state index is 13.2. The number of imide groups is 2. The Morgan fingerprint density at radius 1 is 1.03 bits per heavy atom. The molecule has 2 aliphatic rings. The number of hydrogen-bond acceptors (Lipinski definition) is 7. The monoisotopic (exact) mass is 529 g/mol. The number of aromatic nitrogens is 1. The van der Waals surface area contributed by atoms with Crippen LogP contribution in [0.25, 0.3) is 11.8 Å². The van der Waals surface area contributed by atoms with Crippen LogP contribution in [0.2, 0.25) is 0 Å². The van der Waals surface area contributed by atoms with Gasteiger partial charge < -0.3 is 14.2 Å². The van der Waals surface area contributed by atoms with Crippen LogP contribution in [0.1, 0.15) is 22.5 Å². The molecule has 39 heavy (non-hydrogen) atoms. The lowest BCUT2D eigenvalue weighted by Gasteiger charge is -2.28. The van der Waals surface area contributed by atoms with E-state index in [4.69, 9.17) is 4.74 Å². The molecule has 2 aliphatic heterocycles. The lowest BCUT2D eigenvalue weighted by molar-refractivity contribution is -0.384. The Morgan fingerprint density at radius 2 is 1.74 bits per heavy atom. The molecule has 4 amide bonds. The molecule has 0 radical (unpaired) electrons. The first-order chi connectivity index (χ1) is 18.7. The number of hydrogen-bond donors (Lipinski definition) is 1. The first kappa shape index (κ1) is 25.9. The zero-order valence-electron chi connectivity index (χ0n) is 21.5. The van der Waals surface area contributed by atoms with E-state index in [-0.39, 0.29) is 17.8 Å². The number of nitro groups is 1. The second-order valence-corrected chi connectivity index (χ2v) is 9.39. The molecule has 3 aromatic rings. The normalized spacial score (nSPS) is 17.1. The SMILES string of the molecule is Cc1cc(/C=C2\C(=O)NC(=O)N(Cc3ccccc3)C2=O)c(C)n1-c1ccc(N2CCOCC2)c([N+](=O)[O-])c1. The van der Waals surface area contributed by atoms with Gasteiger partial charge in [0, 0.05) is 30.5 Å². The van der Waals surface area contributed by atoms with Crippen LogP contribution >= 0.6 is 0 Å². The van der Waals surface area contributed by atoms with Gasteiger partial charge in [0.1, 0.15) is 11.3 Å². The molecular formula is C28H27N5O6. The number of aryl methyl sites for hydroxylation is 1. The summed E-state index contributed by atoms with van der Waals surface area (Å²) in [6.07, 6.45) is 1.46. The summed E-state index contributed by atoms with van der Waals surface area (Å²) >= 11 is 0. The fraction of sp³-hybridized carbons (Fsp3) is 0.250. The number of nitrogens with one attached hydrogen (secondary N) is 1. The summed E-state index contributed by atoms with van der Waals surface area (Å²) in [5.41, 5.74) is 3.70. The Balaban J connectivity index is 1.49. The van der Waals surface area contributed by atoms with Gasteiger partial charge >= 0.3 is 6.03 Å². The number of nitro benzene ring substituents is 1. The third kappa shape index (κ3) is 5.04. The van der Waals surface area contributed by atoms with Crippen LogP contribution in [0.4, 0.5) is 16.2 Å². The van der Waals surface area contributed by atoms with Crippen molar-refractivity contribution in [3.63, 3.8) is 0 Å². The zero-order valence-corrected chi connectivity index (χ0v) is 21.5. The molecule has 0 spiro atoms. The summed E-state index contributed by atoms with van der Waals surface area (Å²) < 4.78 is 7.21. The van der Waals surface area contributed by atoms with Crippen LogP contribution in [0.5, 0.6) is 0 Å². The van der Waals surface area contributed by atoms with Gasteiger partial charge in [0.25, 0.3) is 17.5 Å². The third-order valence-corrected chi connectivity index (χ3v) is 6.91. The van der Waals surface area contributed by atoms with Crippen molar-refractivity contribution in [2.75, 3.05) is 31.2 Å². The van der Waals surface area contributed by atoms with E-state index in [9.17, 15) is 24.5 Å². The summed E-state index contributed by atoms with van der Waals surface area (Å²) in [6, 6.07) is 15.1. The first-order valence-corrected chi connectivity index (χ1v) is 12.5. The van der Waals surface area contributed by atoms with E-state index < -0.39 is 22.8 Å². The topological polar surface area (TPSA) is 127 Å². The number of urea groups is 1. The third-order valence-electron chi connectivity index (χ3n) is 6.91. The highest BCUT2D eigenvalue weighted by Gasteiger charge is 2.36. The van der Waals surface area contributed by atoms with Crippen LogP contribution in [-0.4, -0.2) is 58.5 Å². The van der Waals surface area contributed by atoms with Crippen LogP contribution in [-0.2, 0) is 20.9 Å². The quantitative estimate of drug-likeness (QED) is 0.224. The molecule has 2 fully saturated rings. The Morgan fingerprint density at radius 3 is 2.44 bits per heavy atom. The number of carbonyl (C=O) groups is 3. The van der Waals surface area contributed by atoms with Crippen molar-refractivity contribution in [2.24, 2.45) is 0 Å². The second-order valence-electron chi connectivity index (χ2n) is 9.39. The van der Waals surface area contributed by atoms with E-state index in [1.165, 1.54) is 12.1 Å². The van der Waals surface area contributed by atoms with E-state index in [1.807, 2.05) is 28.5 Å². The standard InChI is InChI=1S/C28H27N5O6/c1-18-14-21(15-23-26(34)29-28(36)31(27(23)35)17-20-6-4-3-5-7-20)19(2)32(18)22-8-9-24(25(16-22)33(37)38)30-10-12-39-13-11-30/h3-9,14-16H,10-13,17H2,1-2H3,(H,29,34,36)/b23-15+. The van der Waals surface area contributed by atoms with Gasteiger partial charge in [-0.3, -0.25) is 29.9 Å². The number of morpholine rings is 1. The van der Waals surface area contributed by atoms with Crippen molar-refractivity contribution < 1.29 is 24.0 Å². The minimum absolute atomic E-state index is 0.0151. The molecule has 0 bridgehead atoms. The molecule has 0 atom stereocenters. The minimum atomic E-state index is -0.774. The second kappa shape index (κ2) is 10.5. The lowest BCUT2D eigenvalue weighted by Crippen LogP contribution is -2.53. The number of ether oxygens (including phenoxy) is 1. The van der Waals surface area contributed by atoms with Crippen molar-refractivity contribution in [3.8, 4) is 5.69 Å². The predicted molar refractivity (Wildman–Crippen MR) is 143 cm³/mol. The maximum Gasteiger partial charge on any atom is 0.331 e. The highest BCUT2D eigenvalue weighted by atomic mass is 16.6. The van der Waals surface area contributed by atoms with Gasteiger partial charge in [-0.25, -0.2) is 4.79 Å². The van der Waals surface area contributed by atoms with Crippen molar-refractivity contribution in [2.45, 2.75) is 20.4 Å². The van der Waals surface area contributed by atoms with Gasteiger partial charge in [0.2, 0.25) is 0 Å². The van der Waals surface area contributed by atoms with Crippen LogP contribution < -0.4 is 10.2 Å². The van der Waals surface area contributed by atoms with Gasteiger partial charge in [-0.2, -0.15) is 0 Å². The number of anilines is 1. The smallest absolute Gasteiger partial charge is 0.331 e. The van der Waals surface area contributed by atoms with Crippen LogP contribution in [0.15, 0.2) is 60.2 Å². The van der Waals surface area contributed by atoms with E-state index in [0.29, 0.717) is 48.9 Å². The first-order valence-electron chi connectivity index (χ1n) is 12.5. The number of benzene rings is 2. The van der Waals surface area contributed by atoms with E-state index >= 15 is 0 Å². The van der Waals surface area contributed by atoms with E-state index in [2.05, 4.69) is 5.32 Å².